The first-order chi connectivity index (χ1) is 16.2. The number of aromatic nitrogens is 2. The lowest BCUT2D eigenvalue weighted by Crippen LogP contribution is -2.25. The first kappa shape index (κ1) is 21.2. The van der Waals surface area contributed by atoms with Gasteiger partial charge in [0.25, 0.3) is 0 Å². The molecule has 0 saturated carbocycles. The van der Waals surface area contributed by atoms with Gasteiger partial charge in [-0.05, 0) is 48.7 Å². The molecule has 33 heavy (non-hydrogen) atoms. The van der Waals surface area contributed by atoms with Gasteiger partial charge < -0.3 is 18.8 Å². The molecule has 0 spiro atoms. The van der Waals surface area contributed by atoms with Gasteiger partial charge in [-0.3, -0.25) is 0 Å². The van der Waals surface area contributed by atoms with Crippen LogP contribution in [0.4, 0.5) is 10.2 Å². The molecule has 0 N–H and O–H groups in total. The number of halogens is 1. The van der Waals surface area contributed by atoms with Crippen LogP contribution in [0.25, 0.3) is 33.6 Å². The predicted octanol–water partition coefficient (Wildman–Crippen LogP) is 6.09. The van der Waals surface area contributed by atoms with Crippen molar-refractivity contribution in [2.75, 3.05) is 32.2 Å². The van der Waals surface area contributed by atoms with E-state index in [1.807, 2.05) is 18.2 Å². The maximum Gasteiger partial charge on any atom is 0.232 e. The minimum absolute atomic E-state index is 0.289. The Labute approximate surface area is 192 Å². The molecule has 1 aliphatic heterocycles. The summed E-state index contributed by atoms with van der Waals surface area (Å²) < 4.78 is 31.0. The van der Waals surface area contributed by atoms with Crippen molar-refractivity contribution in [2.24, 2.45) is 0 Å². The quantitative estimate of drug-likeness (QED) is 0.369. The molecule has 1 fully saturated rings. The highest BCUT2D eigenvalue weighted by molar-refractivity contribution is 6.06. The van der Waals surface area contributed by atoms with Crippen molar-refractivity contribution >= 4 is 16.9 Å². The first-order valence-corrected chi connectivity index (χ1v) is 11.2. The van der Waals surface area contributed by atoms with E-state index in [9.17, 15) is 4.39 Å². The number of fused-ring (bicyclic) bond motifs is 1. The van der Waals surface area contributed by atoms with Crippen molar-refractivity contribution in [2.45, 2.75) is 25.7 Å². The monoisotopic (exact) mass is 447 g/mol. The highest BCUT2D eigenvalue weighted by Gasteiger charge is 2.25. The number of furan rings is 1. The lowest BCUT2D eigenvalue weighted by atomic mass is 9.98. The summed E-state index contributed by atoms with van der Waals surface area (Å²) in [5.41, 5.74) is 3.00. The summed E-state index contributed by atoms with van der Waals surface area (Å²) in [6, 6.07) is 12.1. The fraction of sp³-hybridized carbons (Fsp3) is 0.308. The lowest BCUT2D eigenvalue weighted by Gasteiger charge is -2.22. The maximum absolute atomic E-state index is 13.8. The van der Waals surface area contributed by atoms with Gasteiger partial charge in [-0.25, -0.2) is 14.4 Å². The average molecular weight is 448 g/mol. The number of rotatable bonds is 5. The fourth-order valence-corrected chi connectivity index (χ4v) is 4.51. The SMILES string of the molecule is COc1ccc(-c2oc3ncnc(N4CCCCCC4)c3c2-c2ccc(F)cc2)cc1OC. The normalized spacial score (nSPS) is 14.3. The van der Waals surface area contributed by atoms with E-state index in [1.54, 1.807) is 32.7 Å². The molecular formula is C26H26FN3O3. The molecule has 0 unspecified atom stereocenters. The Balaban J connectivity index is 1.77. The Kier molecular flexibility index (Phi) is 5.86. The lowest BCUT2D eigenvalue weighted by molar-refractivity contribution is 0.355. The largest absolute Gasteiger partial charge is 0.493 e. The minimum Gasteiger partial charge on any atom is -0.493 e. The van der Waals surface area contributed by atoms with Crippen LogP contribution < -0.4 is 14.4 Å². The smallest absolute Gasteiger partial charge is 0.232 e. The molecule has 0 atom stereocenters. The summed E-state index contributed by atoms with van der Waals surface area (Å²) in [5, 5.41) is 0.843. The first-order valence-electron chi connectivity index (χ1n) is 11.2. The number of nitrogens with zero attached hydrogens (tertiary/aromatic N) is 3. The molecule has 0 radical (unpaired) electrons. The van der Waals surface area contributed by atoms with Crippen LogP contribution in [-0.4, -0.2) is 37.3 Å². The summed E-state index contributed by atoms with van der Waals surface area (Å²) >= 11 is 0. The Hall–Kier alpha value is -3.61. The summed E-state index contributed by atoms with van der Waals surface area (Å²) in [7, 11) is 3.20. The Bertz CT molecular complexity index is 1260. The van der Waals surface area contributed by atoms with Crippen LogP contribution in [0, 0.1) is 5.82 Å². The van der Waals surface area contributed by atoms with Crippen LogP contribution in [0.3, 0.4) is 0 Å². The molecule has 0 amide bonds. The number of hydrogen-bond donors (Lipinski definition) is 0. The van der Waals surface area contributed by atoms with Crippen LogP contribution >= 0.6 is 0 Å². The van der Waals surface area contributed by atoms with Crippen molar-refractivity contribution in [3.05, 3.63) is 54.6 Å². The van der Waals surface area contributed by atoms with Gasteiger partial charge in [0.05, 0.1) is 19.6 Å². The zero-order chi connectivity index (χ0) is 22.8. The van der Waals surface area contributed by atoms with Gasteiger partial charge in [0, 0.05) is 24.2 Å². The number of benzene rings is 2. The summed E-state index contributed by atoms with van der Waals surface area (Å²) in [6.45, 7) is 1.87. The van der Waals surface area contributed by atoms with Crippen molar-refractivity contribution in [1.82, 2.24) is 9.97 Å². The second-order valence-electron chi connectivity index (χ2n) is 8.16. The van der Waals surface area contributed by atoms with Gasteiger partial charge in [0.2, 0.25) is 5.71 Å². The Morgan fingerprint density at radius 3 is 2.24 bits per heavy atom. The summed E-state index contributed by atoms with van der Waals surface area (Å²) in [5.74, 6) is 2.43. The second kappa shape index (κ2) is 9.10. The van der Waals surface area contributed by atoms with E-state index in [4.69, 9.17) is 13.9 Å². The number of methoxy groups -OCH3 is 2. The molecule has 2 aromatic heterocycles. The van der Waals surface area contributed by atoms with Crippen molar-refractivity contribution in [3.63, 3.8) is 0 Å². The van der Waals surface area contributed by atoms with Gasteiger partial charge in [0.15, 0.2) is 11.5 Å². The number of hydrogen-bond acceptors (Lipinski definition) is 6. The highest BCUT2D eigenvalue weighted by atomic mass is 19.1. The highest BCUT2D eigenvalue weighted by Crippen LogP contribution is 2.45. The topological polar surface area (TPSA) is 60.6 Å². The molecule has 0 bridgehead atoms. The molecule has 4 aromatic rings. The summed E-state index contributed by atoms with van der Waals surface area (Å²) in [6.07, 6.45) is 6.24. The van der Waals surface area contributed by atoms with Crippen LogP contribution in [0.15, 0.2) is 53.2 Å². The van der Waals surface area contributed by atoms with E-state index in [1.165, 1.54) is 25.0 Å². The molecule has 6 nitrogen and oxygen atoms in total. The van der Waals surface area contributed by atoms with Crippen molar-refractivity contribution in [3.8, 4) is 33.9 Å². The van der Waals surface area contributed by atoms with E-state index in [2.05, 4.69) is 14.9 Å². The molecule has 170 valence electrons. The number of anilines is 1. The molecule has 5 rings (SSSR count). The minimum atomic E-state index is -0.289. The Morgan fingerprint density at radius 2 is 1.55 bits per heavy atom. The third-order valence-corrected chi connectivity index (χ3v) is 6.15. The van der Waals surface area contributed by atoms with E-state index >= 15 is 0 Å². The fourth-order valence-electron chi connectivity index (χ4n) is 4.51. The zero-order valence-electron chi connectivity index (χ0n) is 18.8. The van der Waals surface area contributed by atoms with E-state index in [0.29, 0.717) is 23.0 Å². The van der Waals surface area contributed by atoms with Gasteiger partial charge in [-0.1, -0.05) is 25.0 Å². The molecule has 1 aliphatic rings. The third kappa shape index (κ3) is 3.99. The van der Waals surface area contributed by atoms with Gasteiger partial charge in [-0.15, -0.1) is 0 Å². The van der Waals surface area contributed by atoms with E-state index < -0.39 is 0 Å². The zero-order valence-corrected chi connectivity index (χ0v) is 18.8. The number of ether oxygens (including phenoxy) is 2. The Morgan fingerprint density at radius 1 is 0.848 bits per heavy atom. The third-order valence-electron chi connectivity index (χ3n) is 6.15. The van der Waals surface area contributed by atoms with Crippen molar-refractivity contribution in [1.29, 1.82) is 0 Å². The van der Waals surface area contributed by atoms with Gasteiger partial charge in [-0.2, -0.15) is 0 Å². The molecule has 2 aromatic carbocycles. The molecular weight excluding hydrogens is 421 g/mol. The second-order valence-corrected chi connectivity index (χ2v) is 8.16. The van der Waals surface area contributed by atoms with Crippen LogP contribution in [0.1, 0.15) is 25.7 Å². The van der Waals surface area contributed by atoms with Gasteiger partial charge >= 0.3 is 0 Å². The molecule has 1 saturated heterocycles. The molecule has 0 aliphatic carbocycles. The maximum atomic E-state index is 13.8. The van der Waals surface area contributed by atoms with Crippen LogP contribution in [0.2, 0.25) is 0 Å². The van der Waals surface area contributed by atoms with E-state index in [-0.39, 0.29) is 5.82 Å². The molecule has 7 heteroatoms. The predicted molar refractivity (Wildman–Crippen MR) is 126 cm³/mol. The van der Waals surface area contributed by atoms with Gasteiger partial charge in [0.1, 0.15) is 23.7 Å². The van der Waals surface area contributed by atoms with Crippen LogP contribution in [0.5, 0.6) is 11.5 Å². The average Bonchev–Trinajstić information content (AvgIpc) is 3.04. The van der Waals surface area contributed by atoms with Crippen LogP contribution in [-0.2, 0) is 0 Å². The van der Waals surface area contributed by atoms with E-state index in [0.717, 1.165) is 53.8 Å². The standard InChI is InChI=1S/C26H26FN3O3/c1-31-20-12-9-18(15-21(20)32-2)24-22(17-7-10-19(27)11-8-17)23-25(28-16-29-26(23)33-24)30-13-5-3-4-6-14-30/h7-12,15-16H,3-6,13-14H2,1-2H3. The summed E-state index contributed by atoms with van der Waals surface area (Å²) in [4.78, 5) is 11.4. The molecule has 3 heterocycles. The van der Waals surface area contributed by atoms with Crippen molar-refractivity contribution < 1.29 is 18.3 Å².